The van der Waals surface area contributed by atoms with Crippen LogP contribution >= 0.6 is 8.18 Å². The number of carboxylic acid groups (broad SMARTS) is 1. The van der Waals surface area contributed by atoms with Crippen molar-refractivity contribution in [3.63, 3.8) is 0 Å². The maximum absolute atomic E-state index is 11.1. The number of rotatable bonds is 6. The van der Waals surface area contributed by atoms with Gasteiger partial charge < -0.3 is 10.00 Å². The standard InChI is InChI=1S/C11H16NO4P/c1-9(11(13)14)12(17(15)16)8-7-10-5-3-2-4-6-10/h2-6,9,17H,7-8H2,1H3,(H,13,14)(H,15,16)/t9-/m1/s1. The number of hydrogen-bond donors (Lipinski definition) is 2. The minimum Gasteiger partial charge on any atom is -0.480 e. The fraction of sp³-hybridized carbons (Fsp3) is 0.364. The van der Waals surface area contributed by atoms with Crippen LogP contribution in [0.15, 0.2) is 30.3 Å². The predicted octanol–water partition coefficient (Wildman–Crippen LogP) is 1.39. The summed E-state index contributed by atoms with van der Waals surface area (Å²) in [4.78, 5) is 19.9. The van der Waals surface area contributed by atoms with Gasteiger partial charge in [-0.15, -0.1) is 0 Å². The quantitative estimate of drug-likeness (QED) is 0.753. The molecule has 94 valence electrons. The third kappa shape index (κ3) is 4.30. The average Bonchev–Trinajstić information content (AvgIpc) is 2.29. The van der Waals surface area contributed by atoms with Gasteiger partial charge in [0.2, 0.25) is 0 Å². The average molecular weight is 257 g/mol. The van der Waals surface area contributed by atoms with E-state index in [1.54, 1.807) is 0 Å². The smallest absolute Gasteiger partial charge is 0.321 e. The van der Waals surface area contributed by atoms with Crippen LogP contribution in [0.4, 0.5) is 0 Å². The summed E-state index contributed by atoms with van der Waals surface area (Å²) in [5.74, 6) is -1.09. The third-order valence-corrected chi connectivity index (χ3v) is 3.66. The summed E-state index contributed by atoms with van der Waals surface area (Å²) in [6, 6.07) is 8.49. The molecule has 0 aromatic heterocycles. The van der Waals surface area contributed by atoms with Gasteiger partial charge in [0.15, 0.2) is 0 Å². The molecule has 0 amide bonds. The molecule has 6 heteroatoms. The van der Waals surface area contributed by atoms with Crippen LogP contribution in [0.5, 0.6) is 0 Å². The summed E-state index contributed by atoms with van der Waals surface area (Å²) in [6.07, 6.45) is 0.551. The van der Waals surface area contributed by atoms with E-state index in [9.17, 15) is 9.36 Å². The molecule has 0 saturated heterocycles. The Balaban J connectivity index is 2.63. The highest BCUT2D eigenvalue weighted by atomic mass is 31.1. The monoisotopic (exact) mass is 257 g/mol. The molecule has 1 unspecified atom stereocenters. The van der Waals surface area contributed by atoms with Crippen LogP contribution in [-0.4, -0.2) is 33.2 Å². The van der Waals surface area contributed by atoms with Crippen LogP contribution in [-0.2, 0) is 15.8 Å². The van der Waals surface area contributed by atoms with E-state index in [1.807, 2.05) is 30.3 Å². The zero-order valence-electron chi connectivity index (χ0n) is 9.54. The SMILES string of the molecule is C[C@H](C(=O)O)N(CCc1ccccc1)[PH](=O)O. The second-order valence-corrected chi connectivity index (χ2v) is 4.87. The molecule has 0 saturated carbocycles. The second kappa shape index (κ2) is 6.55. The van der Waals surface area contributed by atoms with Gasteiger partial charge in [0.25, 0.3) is 8.18 Å². The molecular formula is C11H16NO4P. The van der Waals surface area contributed by atoms with Gasteiger partial charge in [-0.25, -0.2) is 4.67 Å². The topological polar surface area (TPSA) is 77.8 Å². The maximum atomic E-state index is 11.1. The van der Waals surface area contributed by atoms with E-state index < -0.39 is 20.2 Å². The van der Waals surface area contributed by atoms with Gasteiger partial charge >= 0.3 is 5.97 Å². The fourth-order valence-electron chi connectivity index (χ4n) is 1.48. The molecular weight excluding hydrogens is 241 g/mol. The number of benzene rings is 1. The lowest BCUT2D eigenvalue weighted by Crippen LogP contribution is -2.35. The lowest BCUT2D eigenvalue weighted by molar-refractivity contribution is -0.141. The van der Waals surface area contributed by atoms with Crippen molar-refractivity contribution in [3.8, 4) is 0 Å². The molecule has 0 fully saturated rings. The van der Waals surface area contributed by atoms with Crippen LogP contribution in [0, 0.1) is 0 Å². The van der Waals surface area contributed by atoms with Gasteiger partial charge in [-0.1, -0.05) is 30.3 Å². The van der Waals surface area contributed by atoms with Gasteiger partial charge in [0.05, 0.1) is 0 Å². The van der Waals surface area contributed by atoms with Crippen LogP contribution in [0.25, 0.3) is 0 Å². The highest BCUT2D eigenvalue weighted by molar-refractivity contribution is 7.35. The largest absolute Gasteiger partial charge is 0.480 e. The minimum atomic E-state index is -2.98. The summed E-state index contributed by atoms with van der Waals surface area (Å²) in [5.41, 5.74) is 1.01. The molecule has 0 radical (unpaired) electrons. The van der Waals surface area contributed by atoms with Crippen LogP contribution in [0.1, 0.15) is 12.5 Å². The number of nitrogens with zero attached hydrogens (tertiary/aromatic N) is 1. The van der Waals surface area contributed by atoms with E-state index in [-0.39, 0.29) is 6.54 Å². The molecule has 1 rings (SSSR count). The first-order valence-electron chi connectivity index (χ1n) is 5.28. The first-order valence-corrected chi connectivity index (χ1v) is 6.59. The van der Waals surface area contributed by atoms with Crippen molar-refractivity contribution in [2.45, 2.75) is 19.4 Å². The normalized spacial score (nSPS) is 14.5. The lowest BCUT2D eigenvalue weighted by atomic mass is 10.1. The van der Waals surface area contributed by atoms with Crippen molar-refractivity contribution < 1.29 is 19.4 Å². The molecule has 0 aliphatic rings. The Kier molecular flexibility index (Phi) is 5.35. The van der Waals surface area contributed by atoms with Crippen LogP contribution in [0.2, 0.25) is 0 Å². The Morgan fingerprint density at radius 3 is 2.47 bits per heavy atom. The zero-order chi connectivity index (χ0) is 12.8. The van der Waals surface area contributed by atoms with E-state index in [2.05, 4.69) is 0 Å². The number of aliphatic carboxylic acids is 1. The van der Waals surface area contributed by atoms with E-state index in [1.165, 1.54) is 6.92 Å². The van der Waals surface area contributed by atoms with Crippen molar-refractivity contribution in [1.82, 2.24) is 4.67 Å². The summed E-state index contributed by atoms with van der Waals surface area (Å²) in [6.45, 7) is 1.66. The maximum Gasteiger partial charge on any atom is 0.321 e. The molecule has 2 N–H and O–H groups in total. The molecule has 1 aromatic rings. The lowest BCUT2D eigenvalue weighted by Gasteiger charge is -2.22. The Morgan fingerprint density at radius 1 is 1.41 bits per heavy atom. The van der Waals surface area contributed by atoms with Crippen LogP contribution < -0.4 is 0 Å². The van der Waals surface area contributed by atoms with E-state index in [0.29, 0.717) is 6.42 Å². The third-order valence-electron chi connectivity index (χ3n) is 2.55. The van der Waals surface area contributed by atoms with Crippen molar-refractivity contribution in [2.75, 3.05) is 6.54 Å². The number of carbonyl (C=O) groups is 1. The molecule has 0 aliphatic carbocycles. The van der Waals surface area contributed by atoms with Gasteiger partial charge in [-0.3, -0.25) is 9.36 Å². The van der Waals surface area contributed by atoms with Crippen molar-refractivity contribution in [3.05, 3.63) is 35.9 Å². The summed E-state index contributed by atoms with van der Waals surface area (Å²) in [5, 5.41) is 8.82. The van der Waals surface area contributed by atoms with Gasteiger partial charge in [0.1, 0.15) is 6.04 Å². The predicted molar refractivity (Wildman–Crippen MR) is 65.2 cm³/mol. The van der Waals surface area contributed by atoms with E-state index in [4.69, 9.17) is 10.00 Å². The molecule has 5 nitrogen and oxygen atoms in total. The summed E-state index contributed by atoms with van der Waals surface area (Å²) in [7, 11) is -2.98. The fourth-order valence-corrected chi connectivity index (χ4v) is 2.23. The van der Waals surface area contributed by atoms with Gasteiger partial charge in [0, 0.05) is 6.54 Å². The van der Waals surface area contributed by atoms with E-state index in [0.717, 1.165) is 10.2 Å². The molecule has 17 heavy (non-hydrogen) atoms. The molecule has 1 aromatic carbocycles. The summed E-state index contributed by atoms with van der Waals surface area (Å²) >= 11 is 0. The number of carboxylic acids is 1. The van der Waals surface area contributed by atoms with E-state index >= 15 is 0 Å². The minimum absolute atomic E-state index is 0.256. The van der Waals surface area contributed by atoms with Gasteiger partial charge in [-0.05, 0) is 18.9 Å². The Labute approximate surface area is 101 Å². The second-order valence-electron chi connectivity index (χ2n) is 3.73. The Morgan fingerprint density at radius 2 is 2.00 bits per heavy atom. The molecule has 0 aliphatic heterocycles. The molecule has 0 spiro atoms. The highest BCUT2D eigenvalue weighted by Crippen LogP contribution is 2.24. The van der Waals surface area contributed by atoms with Crippen molar-refractivity contribution >= 4 is 14.1 Å². The van der Waals surface area contributed by atoms with Crippen molar-refractivity contribution in [1.29, 1.82) is 0 Å². The summed E-state index contributed by atoms with van der Waals surface area (Å²) < 4.78 is 12.2. The van der Waals surface area contributed by atoms with Gasteiger partial charge in [-0.2, -0.15) is 0 Å². The Hall–Kier alpha value is -1.16. The Bertz CT molecular complexity index is 396. The first kappa shape index (κ1) is 13.9. The van der Waals surface area contributed by atoms with Crippen LogP contribution in [0.3, 0.4) is 0 Å². The zero-order valence-corrected chi connectivity index (χ0v) is 10.5. The molecule has 0 bridgehead atoms. The molecule has 2 atom stereocenters. The van der Waals surface area contributed by atoms with Crippen molar-refractivity contribution in [2.24, 2.45) is 0 Å². The number of hydrogen-bond acceptors (Lipinski definition) is 2. The first-order chi connectivity index (χ1) is 8.02. The highest BCUT2D eigenvalue weighted by Gasteiger charge is 2.23. The molecule has 0 heterocycles.